The van der Waals surface area contributed by atoms with Gasteiger partial charge in [0.15, 0.2) is 6.79 Å². The van der Waals surface area contributed by atoms with Gasteiger partial charge in [0.2, 0.25) is 0 Å². The van der Waals surface area contributed by atoms with Crippen LogP contribution in [0.25, 0.3) is 6.08 Å². The van der Waals surface area contributed by atoms with Gasteiger partial charge in [0.25, 0.3) is 0 Å². The molecule has 1 N–H and O–H groups in total. The number of ether oxygens (including phenoxy) is 3. The van der Waals surface area contributed by atoms with Crippen molar-refractivity contribution in [2.45, 2.75) is 26.7 Å². The molecule has 0 saturated heterocycles. The maximum Gasteiger partial charge on any atom is 0.188 e. The molecule has 28 heavy (non-hydrogen) atoms. The van der Waals surface area contributed by atoms with Crippen LogP contribution >= 0.6 is 0 Å². The van der Waals surface area contributed by atoms with Crippen LogP contribution in [0.4, 0.5) is 4.39 Å². The Balaban J connectivity index is 2.40. The molecule has 0 aliphatic carbocycles. The Bertz CT molecular complexity index is 852. The first-order valence-corrected chi connectivity index (χ1v) is 9.05. The Morgan fingerprint density at radius 1 is 1.07 bits per heavy atom. The van der Waals surface area contributed by atoms with E-state index in [9.17, 15) is 9.50 Å². The number of methoxy groups -OCH3 is 2. The van der Waals surface area contributed by atoms with Gasteiger partial charge in [-0.05, 0) is 32.8 Å². The van der Waals surface area contributed by atoms with Gasteiger partial charge in [-0.25, -0.2) is 4.39 Å². The second-order valence-electron chi connectivity index (χ2n) is 6.55. The average Bonchev–Trinajstić information content (AvgIpc) is 2.68. The van der Waals surface area contributed by atoms with Crippen LogP contribution in [-0.2, 0) is 17.6 Å². The molecule has 0 saturated carbocycles. The highest BCUT2D eigenvalue weighted by Crippen LogP contribution is 2.40. The Kier molecular flexibility index (Phi) is 8.08. The Morgan fingerprint density at radius 2 is 1.79 bits per heavy atom. The van der Waals surface area contributed by atoms with Crippen molar-refractivity contribution in [3.05, 3.63) is 70.6 Å². The van der Waals surface area contributed by atoms with Gasteiger partial charge in [0.05, 0.1) is 7.11 Å². The first-order valence-electron chi connectivity index (χ1n) is 9.05. The minimum absolute atomic E-state index is 0.0664. The van der Waals surface area contributed by atoms with Gasteiger partial charge in [-0.1, -0.05) is 42.0 Å². The summed E-state index contributed by atoms with van der Waals surface area (Å²) < 4.78 is 29.9. The molecule has 0 amide bonds. The van der Waals surface area contributed by atoms with Crippen LogP contribution in [0.15, 0.2) is 48.1 Å². The van der Waals surface area contributed by atoms with Gasteiger partial charge < -0.3 is 19.3 Å². The highest BCUT2D eigenvalue weighted by molar-refractivity contribution is 5.59. The Hall–Kier alpha value is -2.79. The summed E-state index contributed by atoms with van der Waals surface area (Å²) in [6.45, 7) is 4.06. The lowest BCUT2D eigenvalue weighted by Crippen LogP contribution is -2.04. The second kappa shape index (κ2) is 10.5. The predicted octanol–water partition coefficient (Wildman–Crippen LogP) is 5.29. The van der Waals surface area contributed by atoms with Crippen LogP contribution in [0, 0.1) is 5.82 Å². The molecule has 2 rings (SSSR count). The zero-order chi connectivity index (χ0) is 20.5. The molecule has 5 heteroatoms. The Morgan fingerprint density at radius 3 is 2.43 bits per heavy atom. The first kappa shape index (κ1) is 21.5. The molecule has 0 bridgehead atoms. The number of aromatic hydroxyl groups is 1. The minimum atomic E-state index is -0.289. The van der Waals surface area contributed by atoms with Crippen LogP contribution < -0.4 is 9.47 Å². The van der Waals surface area contributed by atoms with Crippen LogP contribution in [0.3, 0.4) is 0 Å². The summed E-state index contributed by atoms with van der Waals surface area (Å²) in [4.78, 5) is 0. The lowest BCUT2D eigenvalue weighted by Gasteiger charge is -2.17. The smallest absolute Gasteiger partial charge is 0.188 e. The monoisotopic (exact) mass is 386 g/mol. The number of hydrogen-bond acceptors (Lipinski definition) is 4. The van der Waals surface area contributed by atoms with Crippen molar-refractivity contribution < 1.29 is 23.7 Å². The first-order chi connectivity index (χ1) is 13.5. The zero-order valence-corrected chi connectivity index (χ0v) is 16.8. The molecular weight excluding hydrogens is 359 g/mol. The summed E-state index contributed by atoms with van der Waals surface area (Å²) in [7, 11) is 3.07. The number of allylic oxidation sites excluding steroid dienone is 3. The van der Waals surface area contributed by atoms with Crippen molar-refractivity contribution in [1.29, 1.82) is 0 Å². The topological polar surface area (TPSA) is 47.9 Å². The SMILES string of the molecule is COCOc1cc(OC)c(C/C=C/c2ccccc2F)c(O)c1CC=C(C)C. The summed E-state index contributed by atoms with van der Waals surface area (Å²) in [6.07, 6.45) is 6.41. The van der Waals surface area contributed by atoms with E-state index < -0.39 is 0 Å². The van der Waals surface area contributed by atoms with Crippen LogP contribution in [0.2, 0.25) is 0 Å². The fraction of sp³-hybridized carbons (Fsp3) is 0.304. The average molecular weight is 386 g/mol. The third-order valence-electron chi connectivity index (χ3n) is 4.22. The molecule has 0 aliphatic heterocycles. The molecule has 0 unspecified atom stereocenters. The summed E-state index contributed by atoms with van der Waals surface area (Å²) in [6, 6.07) is 8.29. The van der Waals surface area contributed by atoms with Crippen LogP contribution in [-0.4, -0.2) is 26.1 Å². The fourth-order valence-corrected chi connectivity index (χ4v) is 2.76. The molecule has 0 aromatic heterocycles. The highest BCUT2D eigenvalue weighted by Gasteiger charge is 2.18. The quantitative estimate of drug-likeness (QED) is 0.470. The maximum atomic E-state index is 13.8. The molecule has 2 aromatic carbocycles. The zero-order valence-electron chi connectivity index (χ0n) is 16.8. The van der Waals surface area contributed by atoms with Gasteiger partial charge in [-0.2, -0.15) is 0 Å². The van der Waals surface area contributed by atoms with E-state index in [0.29, 0.717) is 41.0 Å². The molecule has 2 aromatic rings. The third kappa shape index (κ3) is 5.60. The van der Waals surface area contributed by atoms with E-state index in [2.05, 4.69) is 0 Å². The second-order valence-corrected chi connectivity index (χ2v) is 6.55. The molecule has 4 nitrogen and oxygen atoms in total. The number of hydrogen-bond donors (Lipinski definition) is 1. The van der Waals surface area contributed by atoms with Crippen molar-refractivity contribution in [1.82, 2.24) is 0 Å². The largest absolute Gasteiger partial charge is 0.507 e. The molecule has 0 atom stereocenters. The van der Waals surface area contributed by atoms with E-state index in [-0.39, 0.29) is 18.4 Å². The van der Waals surface area contributed by atoms with Crippen molar-refractivity contribution in [3.8, 4) is 17.2 Å². The van der Waals surface area contributed by atoms with Crippen molar-refractivity contribution in [2.75, 3.05) is 21.0 Å². The molecule has 150 valence electrons. The van der Waals surface area contributed by atoms with Crippen molar-refractivity contribution in [3.63, 3.8) is 0 Å². The standard InChI is InChI=1S/C23H27FO4/c1-16(2)12-13-19-22(28-15-26-3)14-21(27-4)18(23(19)25)10-7-9-17-8-5-6-11-20(17)24/h5-9,11-12,14,25H,10,13,15H2,1-4H3/b9-7+. The van der Waals surface area contributed by atoms with E-state index in [4.69, 9.17) is 14.2 Å². The van der Waals surface area contributed by atoms with Crippen LogP contribution in [0.5, 0.6) is 17.2 Å². The van der Waals surface area contributed by atoms with Gasteiger partial charge in [-0.3, -0.25) is 0 Å². The van der Waals surface area contributed by atoms with Gasteiger partial charge >= 0.3 is 0 Å². The molecular formula is C23H27FO4. The number of rotatable bonds is 9. The normalized spacial score (nSPS) is 10.9. The molecule has 0 aliphatic rings. The number of phenols is 1. The summed E-state index contributed by atoms with van der Waals surface area (Å²) in [5.41, 5.74) is 2.91. The molecule has 0 spiro atoms. The lowest BCUT2D eigenvalue weighted by atomic mass is 10.00. The molecule has 0 heterocycles. The van der Waals surface area contributed by atoms with E-state index in [1.165, 1.54) is 20.3 Å². The van der Waals surface area contributed by atoms with E-state index in [0.717, 1.165) is 5.57 Å². The van der Waals surface area contributed by atoms with Crippen molar-refractivity contribution >= 4 is 6.08 Å². The summed E-state index contributed by atoms with van der Waals surface area (Å²) in [5.74, 6) is 0.835. The van der Waals surface area contributed by atoms with Gasteiger partial charge in [0, 0.05) is 29.9 Å². The number of halogens is 1. The number of benzene rings is 2. The minimum Gasteiger partial charge on any atom is -0.507 e. The summed E-state index contributed by atoms with van der Waals surface area (Å²) in [5, 5.41) is 10.9. The van der Waals surface area contributed by atoms with E-state index in [1.54, 1.807) is 36.4 Å². The summed E-state index contributed by atoms with van der Waals surface area (Å²) >= 11 is 0. The van der Waals surface area contributed by atoms with Gasteiger partial charge in [-0.15, -0.1) is 0 Å². The Labute approximate surface area is 165 Å². The maximum absolute atomic E-state index is 13.8. The van der Waals surface area contributed by atoms with Crippen molar-refractivity contribution in [2.24, 2.45) is 0 Å². The third-order valence-corrected chi connectivity index (χ3v) is 4.22. The molecule has 0 radical (unpaired) electrons. The van der Waals surface area contributed by atoms with Gasteiger partial charge in [0.1, 0.15) is 23.1 Å². The fourth-order valence-electron chi connectivity index (χ4n) is 2.76. The highest BCUT2D eigenvalue weighted by atomic mass is 19.1. The predicted molar refractivity (Wildman–Crippen MR) is 109 cm³/mol. The number of phenolic OH excluding ortho intramolecular Hbond substituents is 1. The lowest BCUT2D eigenvalue weighted by molar-refractivity contribution is 0.0501. The van der Waals surface area contributed by atoms with E-state index >= 15 is 0 Å². The van der Waals surface area contributed by atoms with E-state index in [1.807, 2.05) is 19.9 Å². The molecule has 0 fully saturated rings. The van der Waals surface area contributed by atoms with Crippen LogP contribution in [0.1, 0.15) is 30.5 Å².